The topological polar surface area (TPSA) is 121 Å². The molecule has 9 heteroatoms. The van der Waals surface area contributed by atoms with Crippen LogP contribution in [-0.4, -0.2) is 82.3 Å². The first-order valence-electron chi connectivity index (χ1n) is 6.91. The first kappa shape index (κ1) is 31.8. The number of hydrogen-bond acceptors (Lipinski definition) is 9. The molecule has 0 amide bonds. The maximum atomic E-state index is 9.72. The van der Waals surface area contributed by atoms with Gasteiger partial charge in [0.25, 0.3) is 0 Å². The van der Waals surface area contributed by atoms with Crippen LogP contribution in [0.4, 0.5) is 0 Å². The first-order chi connectivity index (χ1) is 10.9. The molecule has 0 aromatic carbocycles. The summed E-state index contributed by atoms with van der Waals surface area (Å²) in [5.74, 6) is 0. The molecule has 1 rings (SSSR count). The van der Waals surface area contributed by atoms with E-state index in [2.05, 4.69) is 9.47 Å². The third-order valence-corrected chi connectivity index (χ3v) is 2.65. The van der Waals surface area contributed by atoms with Crippen LogP contribution in [0.2, 0.25) is 0 Å². The van der Waals surface area contributed by atoms with Gasteiger partial charge < -0.3 is 38.7 Å². The molecule has 0 aromatic heterocycles. The van der Waals surface area contributed by atoms with E-state index in [0.717, 1.165) is 6.29 Å². The molecule has 1 heterocycles. The monoisotopic (exact) mass is 372 g/mol. The number of aliphatic hydroxyl groups excluding tert-OH is 2. The summed E-state index contributed by atoms with van der Waals surface area (Å²) in [6.45, 7) is 1.44. The molecule has 1 unspecified atom stereocenters. The molecule has 3 atom stereocenters. The Kier molecular flexibility index (Phi) is 26.8. The molecule has 0 spiro atoms. The van der Waals surface area contributed by atoms with Crippen molar-refractivity contribution in [2.45, 2.75) is 65.7 Å². The highest BCUT2D eigenvalue weighted by atomic mass is 16.7. The molecule has 25 heavy (non-hydrogen) atoms. The summed E-state index contributed by atoms with van der Waals surface area (Å²) in [7, 11) is 5.79. The Balaban J connectivity index is -0.000000158. The number of methoxy groups -OCH3 is 4. The highest BCUT2D eigenvalue weighted by Crippen LogP contribution is 2.21. The minimum Gasteiger partial charge on any atom is -0.393 e. The van der Waals surface area contributed by atoms with Gasteiger partial charge in [0.15, 0.2) is 18.9 Å². The predicted molar refractivity (Wildman–Crippen MR) is 93.0 cm³/mol. The third kappa shape index (κ3) is 16.3. The maximum Gasteiger partial charge on any atom is 0.214 e. The van der Waals surface area contributed by atoms with Crippen LogP contribution in [0.5, 0.6) is 0 Å². The molecule has 0 saturated carbocycles. The quantitative estimate of drug-likeness (QED) is 0.514. The molecule has 0 aromatic rings. The van der Waals surface area contributed by atoms with Gasteiger partial charge in [-0.05, 0) is 6.92 Å². The average Bonchev–Trinajstić information content (AvgIpc) is 2.51. The second kappa shape index (κ2) is 21.1. The Hall–Kier alpha value is -0.940. The molecule has 0 bridgehead atoms. The molecule has 0 radical (unpaired) electrons. The smallest absolute Gasteiger partial charge is 0.214 e. The van der Waals surface area contributed by atoms with Crippen LogP contribution in [0, 0.1) is 0 Å². The molecule has 2 N–H and O–H groups in total. The largest absolute Gasteiger partial charge is 0.393 e. The van der Waals surface area contributed by atoms with Crippen LogP contribution >= 0.6 is 0 Å². The fourth-order valence-electron chi connectivity index (χ4n) is 1.69. The number of rotatable bonds is 6. The van der Waals surface area contributed by atoms with E-state index in [0.29, 0.717) is 12.7 Å². The fourth-order valence-corrected chi connectivity index (χ4v) is 1.69. The molecule has 0 aliphatic carbocycles. The van der Waals surface area contributed by atoms with Crippen molar-refractivity contribution in [3.8, 4) is 0 Å². The van der Waals surface area contributed by atoms with E-state index >= 15 is 0 Å². The SMILES string of the molecule is C.C.CC=O.COC(C=O)OC.COC(OC)[C@@H]1C[C@@H](O)CC(O)O1. The van der Waals surface area contributed by atoms with Gasteiger partial charge in [0.05, 0.1) is 6.10 Å². The van der Waals surface area contributed by atoms with Crippen molar-refractivity contribution in [2.24, 2.45) is 0 Å². The van der Waals surface area contributed by atoms with Crippen LogP contribution in [0.25, 0.3) is 0 Å². The zero-order valence-electron chi connectivity index (χ0n) is 14.2. The Bertz CT molecular complexity index is 271. The zero-order valence-corrected chi connectivity index (χ0v) is 14.2. The average molecular weight is 372 g/mol. The number of ether oxygens (including phenoxy) is 5. The lowest BCUT2D eigenvalue weighted by molar-refractivity contribution is -0.260. The van der Waals surface area contributed by atoms with E-state index in [-0.39, 0.29) is 21.3 Å². The minimum atomic E-state index is -0.929. The lowest BCUT2D eigenvalue weighted by atomic mass is 10.0. The molecule has 9 nitrogen and oxygen atoms in total. The normalized spacial score (nSPS) is 21.6. The molecular weight excluding hydrogens is 336 g/mol. The summed E-state index contributed by atoms with van der Waals surface area (Å²) in [6, 6.07) is 0. The van der Waals surface area contributed by atoms with Crippen molar-refractivity contribution in [1.82, 2.24) is 0 Å². The van der Waals surface area contributed by atoms with E-state index in [1.165, 1.54) is 35.4 Å². The van der Waals surface area contributed by atoms with Crippen molar-refractivity contribution in [3.63, 3.8) is 0 Å². The summed E-state index contributed by atoms with van der Waals surface area (Å²) in [6.07, 6.45) is -1.12. The van der Waals surface area contributed by atoms with Gasteiger partial charge in [-0.15, -0.1) is 0 Å². The van der Waals surface area contributed by atoms with Crippen LogP contribution < -0.4 is 0 Å². The lowest BCUT2D eigenvalue weighted by Gasteiger charge is -2.33. The standard InChI is InChI=1S/C8H16O5.C4H8O3.C2H4O.2CH4/c1-11-8(12-2)6-3-5(9)4-7(10)13-6;1-6-4(3-5)7-2;1-2-3;;/h5-10H,3-4H2,1-2H3;3-4H,1-2H3;2H,1H3;2*1H4/t5-,6+,7?;;;;/m1..../s1. The van der Waals surface area contributed by atoms with E-state index in [1.54, 1.807) is 0 Å². The minimum absolute atomic E-state index is 0. The van der Waals surface area contributed by atoms with Crippen molar-refractivity contribution >= 4 is 12.6 Å². The summed E-state index contributed by atoms with van der Waals surface area (Å²) in [5, 5.41) is 18.5. The van der Waals surface area contributed by atoms with Gasteiger partial charge in [-0.1, -0.05) is 14.9 Å². The second-order valence-electron chi connectivity index (χ2n) is 4.31. The third-order valence-electron chi connectivity index (χ3n) is 2.65. The van der Waals surface area contributed by atoms with Gasteiger partial charge in [-0.2, -0.15) is 0 Å². The molecule has 1 fully saturated rings. The maximum absolute atomic E-state index is 9.72. The van der Waals surface area contributed by atoms with Gasteiger partial charge in [-0.3, -0.25) is 4.79 Å². The summed E-state index contributed by atoms with van der Waals surface area (Å²) in [4.78, 5) is 18.5. The van der Waals surface area contributed by atoms with Crippen molar-refractivity contribution < 1.29 is 43.5 Å². The van der Waals surface area contributed by atoms with Crippen LogP contribution in [0.15, 0.2) is 0 Å². The van der Waals surface area contributed by atoms with E-state index in [4.69, 9.17) is 19.0 Å². The molecule has 154 valence electrons. The van der Waals surface area contributed by atoms with Gasteiger partial charge in [0.1, 0.15) is 12.4 Å². The lowest BCUT2D eigenvalue weighted by Crippen LogP contribution is -2.43. The van der Waals surface area contributed by atoms with Crippen LogP contribution in [0.3, 0.4) is 0 Å². The van der Waals surface area contributed by atoms with E-state index in [9.17, 15) is 15.0 Å². The number of carbonyl (C=O) groups excluding carboxylic acids is 2. The summed E-state index contributed by atoms with van der Waals surface area (Å²) >= 11 is 0. The van der Waals surface area contributed by atoms with Crippen LogP contribution in [-0.2, 0) is 33.3 Å². The van der Waals surface area contributed by atoms with Gasteiger partial charge in [0.2, 0.25) is 6.29 Å². The molecule has 1 saturated heterocycles. The zero-order chi connectivity index (χ0) is 18.3. The number of carbonyl (C=O) groups is 2. The Morgan fingerprint density at radius 1 is 0.960 bits per heavy atom. The highest BCUT2D eigenvalue weighted by Gasteiger charge is 2.32. The Morgan fingerprint density at radius 2 is 1.40 bits per heavy atom. The fraction of sp³-hybridized carbons (Fsp3) is 0.875. The van der Waals surface area contributed by atoms with Gasteiger partial charge in [0, 0.05) is 41.3 Å². The van der Waals surface area contributed by atoms with Crippen LogP contribution in [0.1, 0.15) is 34.6 Å². The molecule has 1 aliphatic heterocycles. The number of hydrogen-bond donors (Lipinski definition) is 2. The van der Waals surface area contributed by atoms with Crippen molar-refractivity contribution in [1.29, 1.82) is 0 Å². The predicted octanol–water partition coefficient (Wildman–Crippen LogP) is 0.745. The second-order valence-corrected chi connectivity index (χ2v) is 4.31. The van der Waals surface area contributed by atoms with Crippen molar-refractivity contribution in [3.05, 3.63) is 0 Å². The highest BCUT2D eigenvalue weighted by molar-refractivity contribution is 5.53. The van der Waals surface area contributed by atoms with Gasteiger partial charge in [-0.25, -0.2) is 0 Å². The Morgan fingerprint density at radius 3 is 1.64 bits per heavy atom. The molecule has 1 aliphatic rings. The summed E-state index contributed by atoms with van der Waals surface area (Å²) in [5.41, 5.74) is 0. The van der Waals surface area contributed by atoms with E-state index < -0.39 is 31.1 Å². The first-order valence-corrected chi connectivity index (χ1v) is 6.91. The Labute approximate surface area is 151 Å². The molecular formula is C16H36O9. The van der Waals surface area contributed by atoms with Crippen molar-refractivity contribution in [2.75, 3.05) is 28.4 Å². The number of aliphatic hydroxyl groups is 2. The summed E-state index contributed by atoms with van der Waals surface area (Å²) < 4.78 is 24.0. The van der Waals surface area contributed by atoms with E-state index in [1.807, 2.05) is 0 Å². The number of aldehydes is 2. The van der Waals surface area contributed by atoms with Gasteiger partial charge >= 0.3 is 0 Å².